The number of carbonyl (C=O) groups excluding carboxylic acids is 1. The van der Waals surface area contributed by atoms with E-state index in [1.807, 2.05) is 31.2 Å². The van der Waals surface area contributed by atoms with E-state index in [9.17, 15) is 4.79 Å². The monoisotopic (exact) mass is 248 g/mol. The first-order valence-corrected chi connectivity index (χ1v) is 6.24. The average molecular weight is 248 g/mol. The molecule has 1 unspecified atom stereocenters. The number of ether oxygens (including phenoxy) is 1. The first-order chi connectivity index (χ1) is 8.54. The van der Waals surface area contributed by atoms with E-state index in [2.05, 4.69) is 5.32 Å². The molecule has 98 valence electrons. The van der Waals surface area contributed by atoms with E-state index in [1.54, 1.807) is 7.11 Å². The highest BCUT2D eigenvalue weighted by atomic mass is 16.5. The van der Waals surface area contributed by atoms with Gasteiger partial charge in [-0.2, -0.15) is 0 Å². The van der Waals surface area contributed by atoms with Crippen LogP contribution in [0, 0.1) is 5.92 Å². The maximum Gasteiger partial charge on any atom is 0.240 e. The maximum atomic E-state index is 12.0. The summed E-state index contributed by atoms with van der Waals surface area (Å²) >= 11 is 0. The number of carbonyl (C=O) groups is 1. The number of amides is 1. The van der Waals surface area contributed by atoms with Gasteiger partial charge >= 0.3 is 0 Å². The van der Waals surface area contributed by atoms with Crippen LogP contribution < -0.4 is 15.8 Å². The van der Waals surface area contributed by atoms with Crippen molar-refractivity contribution in [3.05, 3.63) is 29.8 Å². The summed E-state index contributed by atoms with van der Waals surface area (Å²) in [6, 6.07) is 7.64. The summed E-state index contributed by atoms with van der Waals surface area (Å²) in [6.07, 6.45) is 2.11. The highest BCUT2D eigenvalue weighted by Crippen LogP contribution is 2.38. The van der Waals surface area contributed by atoms with Crippen molar-refractivity contribution < 1.29 is 9.53 Å². The zero-order valence-corrected chi connectivity index (χ0v) is 10.9. The van der Waals surface area contributed by atoms with Crippen LogP contribution >= 0.6 is 0 Å². The number of hydrogen-bond acceptors (Lipinski definition) is 3. The molecular weight excluding hydrogens is 228 g/mol. The summed E-state index contributed by atoms with van der Waals surface area (Å²) in [5.41, 5.74) is 6.32. The van der Waals surface area contributed by atoms with Gasteiger partial charge in [-0.1, -0.05) is 12.1 Å². The van der Waals surface area contributed by atoms with E-state index in [0.717, 1.165) is 24.2 Å². The third-order valence-corrected chi connectivity index (χ3v) is 3.50. The molecule has 1 aliphatic carbocycles. The summed E-state index contributed by atoms with van der Waals surface area (Å²) in [6.45, 7) is 2.29. The molecule has 1 saturated carbocycles. The number of rotatable bonds is 5. The Labute approximate surface area is 108 Å². The Morgan fingerprint density at radius 1 is 1.56 bits per heavy atom. The van der Waals surface area contributed by atoms with Crippen LogP contribution in [0.3, 0.4) is 0 Å². The quantitative estimate of drug-likeness (QED) is 0.828. The molecule has 0 aromatic heterocycles. The smallest absolute Gasteiger partial charge is 0.240 e. The molecule has 0 spiro atoms. The molecule has 0 saturated heterocycles. The SMILES string of the molecule is COc1cccc(CNC(=O)C(C)(N)C2CC2)c1. The van der Waals surface area contributed by atoms with Crippen molar-refractivity contribution in [2.75, 3.05) is 7.11 Å². The molecule has 4 heteroatoms. The van der Waals surface area contributed by atoms with Gasteiger partial charge in [0.25, 0.3) is 0 Å². The molecule has 2 rings (SSSR count). The zero-order chi connectivity index (χ0) is 13.2. The van der Waals surface area contributed by atoms with Gasteiger partial charge in [0.05, 0.1) is 12.6 Å². The van der Waals surface area contributed by atoms with Crippen LogP contribution in [0.4, 0.5) is 0 Å². The summed E-state index contributed by atoms with van der Waals surface area (Å²) in [7, 11) is 1.63. The van der Waals surface area contributed by atoms with Crippen LogP contribution in [-0.2, 0) is 11.3 Å². The average Bonchev–Trinajstić information content (AvgIpc) is 3.20. The summed E-state index contributed by atoms with van der Waals surface area (Å²) < 4.78 is 5.14. The molecule has 0 aliphatic heterocycles. The molecule has 0 bridgehead atoms. The van der Waals surface area contributed by atoms with Gasteiger partial charge in [-0.25, -0.2) is 0 Å². The van der Waals surface area contributed by atoms with Gasteiger partial charge in [-0.15, -0.1) is 0 Å². The van der Waals surface area contributed by atoms with Gasteiger partial charge in [0.15, 0.2) is 0 Å². The number of methoxy groups -OCH3 is 1. The first-order valence-electron chi connectivity index (χ1n) is 6.24. The van der Waals surface area contributed by atoms with Crippen LogP contribution in [0.25, 0.3) is 0 Å². The Hall–Kier alpha value is -1.55. The summed E-state index contributed by atoms with van der Waals surface area (Å²) in [5, 5.41) is 2.89. The van der Waals surface area contributed by atoms with Gasteiger partial charge < -0.3 is 15.8 Å². The van der Waals surface area contributed by atoms with Crippen molar-refractivity contribution >= 4 is 5.91 Å². The molecular formula is C14H20N2O2. The first kappa shape index (κ1) is 12.9. The minimum atomic E-state index is -0.737. The van der Waals surface area contributed by atoms with Gasteiger partial charge in [-0.05, 0) is 43.4 Å². The lowest BCUT2D eigenvalue weighted by Crippen LogP contribution is -2.53. The molecule has 1 aromatic carbocycles. The third kappa shape index (κ3) is 2.82. The Bertz CT molecular complexity index is 439. The van der Waals surface area contributed by atoms with E-state index >= 15 is 0 Å². The predicted molar refractivity (Wildman–Crippen MR) is 70.2 cm³/mol. The largest absolute Gasteiger partial charge is 0.497 e. The molecule has 1 amide bonds. The van der Waals surface area contributed by atoms with Gasteiger partial charge in [-0.3, -0.25) is 4.79 Å². The third-order valence-electron chi connectivity index (χ3n) is 3.50. The second-order valence-corrected chi connectivity index (χ2v) is 5.09. The molecule has 3 N–H and O–H groups in total. The second-order valence-electron chi connectivity index (χ2n) is 5.09. The van der Waals surface area contributed by atoms with Crippen LogP contribution in [-0.4, -0.2) is 18.6 Å². The number of benzene rings is 1. The van der Waals surface area contributed by atoms with Crippen molar-refractivity contribution in [2.45, 2.75) is 31.8 Å². The van der Waals surface area contributed by atoms with Crippen LogP contribution in [0.5, 0.6) is 5.75 Å². The summed E-state index contributed by atoms with van der Waals surface area (Å²) in [4.78, 5) is 12.0. The molecule has 1 fully saturated rings. The predicted octanol–water partition coefficient (Wildman–Crippen LogP) is 1.44. The Kier molecular flexibility index (Phi) is 3.57. The fraction of sp³-hybridized carbons (Fsp3) is 0.500. The molecule has 1 aromatic rings. The van der Waals surface area contributed by atoms with Crippen LogP contribution in [0.1, 0.15) is 25.3 Å². The van der Waals surface area contributed by atoms with Crippen molar-refractivity contribution in [3.8, 4) is 5.75 Å². The van der Waals surface area contributed by atoms with Crippen molar-refractivity contribution in [1.29, 1.82) is 0 Å². The normalized spacial score (nSPS) is 17.9. The Morgan fingerprint density at radius 2 is 2.28 bits per heavy atom. The second kappa shape index (κ2) is 4.98. The topological polar surface area (TPSA) is 64.3 Å². The van der Waals surface area contributed by atoms with Crippen molar-refractivity contribution in [2.24, 2.45) is 11.7 Å². The van der Waals surface area contributed by atoms with Crippen molar-refractivity contribution in [3.63, 3.8) is 0 Å². The fourth-order valence-corrected chi connectivity index (χ4v) is 2.02. The zero-order valence-electron chi connectivity index (χ0n) is 10.9. The molecule has 18 heavy (non-hydrogen) atoms. The lowest BCUT2D eigenvalue weighted by molar-refractivity contribution is -0.126. The van der Waals surface area contributed by atoms with E-state index in [1.165, 1.54) is 0 Å². The standard InChI is InChI=1S/C14H20N2O2/c1-14(15,11-6-7-11)13(17)16-9-10-4-3-5-12(8-10)18-2/h3-5,8,11H,6-7,9,15H2,1-2H3,(H,16,17). The van der Waals surface area contributed by atoms with E-state index in [-0.39, 0.29) is 5.91 Å². The van der Waals surface area contributed by atoms with Crippen LogP contribution in [0.15, 0.2) is 24.3 Å². The number of hydrogen-bond donors (Lipinski definition) is 2. The van der Waals surface area contributed by atoms with Gasteiger partial charge in [0.2, 0.25) is 5.91 Å². The summed E-state index contributed by atoms with van der Waals surface area (Å²) in [5.74, 6) is 1.05. The lowest BCUT2D eigenvalue weighted by atomic mass is 9.96. The van der Waals surface area contributed by atoms with Gasteiger partial charge in [0, 0.05) is 6.54 Å². The highest BCUT2D eigenvalue weighted by molar-refractivity contribution is 5.86. The molecule has 1 atom stereocenters. The van der Waals surface area contributed by atoms with Crippen molar-refractivity contribution in [1.82, 2.24) is 5.32 Å². The fourth-order valence-electron chi connectivity index (χ4n) is 2.02. The minimum absolute atomic E-state index is 0.0761. The molecule has 0 radical (unpaired) electrons. The number of nitrogens with one attached hydrogen (secondary N) is 1. The molecule has 4 nitrogen and oxygen atoms in total. The van der Waals surface area contributed by atoms with Crippen LogP contribution in [0.2, 0.25) is 0 Å². The lowest BCUT2D eigenvalue weighted by Gasteiger charge is -2.23. The highest BCUT2D eigenvalue weighted by Gasteiger charge is 2.43. The van der Waals surface area contributed by atoms with Gasteiger partial charge in [0.1, 0.15) is 5.75 Å². The number of nitrogens with two attached hydrogens (primary N) is 1. The minimum Gasteiger partial charge on any atom is -0.497 e. The van der Waals surface area contributed by atoms with E-state index < -0.39 is 5.54 Å². The Balaban J connectivity index is 1.92. The maximum absolute atomic E-state index is 12.0. The molecule has 1 aliphatic rings. The molecule has 0 heterocycles. The van der Waals surface area contributed by atoms with E-state index in [4.69, 9.17) is 10.5 Å². The Morgan fingerprint density at radius 3 is 2.89 bits per heavy atom. The van der Waals surface area contributed by atoms with E-state index in [0.29, 0.717) is 12.5 Å².